The summed E-state index contributed by atoms with van der Waals surface area (Å²) in [4.78, 5) is 16.9. The van der Waals surface area contributed by atoms with Gasteiger partial charge in [0.2, 0.25) is 0 Å². The highest BCUT2D eigenvalue weighted by molar-refractivity contribution is 7.90. The summed E-state index contributed by atoms with van der Waals surface area (Å²) in [6, 6.07) is 0. The van der Waals surface area contributed by atoms with Crippen LogP contribution in [0, 0.1) is 0 Å². The number of aromatic nitrogens is 1. The predicted molar refractivity (Wildman–Crippen MR) is 65.1 cm³/mol. The van der Waals surface area contributed by atoms with E-state index in [1.54, 1.807) is 17.3 Å². The summed E-state index contributed by atoms with van der Waals surface area (Å²) in [5.41, 5.74) is 0.422. The third-order valence-corrected chi connectivity index (χ3v) is 3.86. The number of ketones is 1. The predicted octanol–water partition coefficient (Wildman–Crippen LogP) is 0.827. The summed E-state index contributed by atoms with van der Waals surface area (Å²) in [6.07, 6.45) is 1.20. The van der Waals surface area contributed by atoms with Crippen molar-refractivity contribution in [1.29, 1.82) is 0 Å². The number of anilines is 1. The molecular weight excluding hydrogens is 248 g/mol. The minimum Gasteiger partial charge on any atom is -0.350 e. The van der Waals surface area contributed by atoms with Gasteiger partial charge in [0, 0.05) is 32.2 Å². The summed E-state index contributed by atoms with van der Waals surface area (Å²) in [6.45, 7) is 1.83. The molecule has 0 radical (unpaired) electrons. The van der Waals surface area contributed by atoms with Gasteiger partial charge in [-0.3, -0.25) is 4.79 Å². The second-order valence-corrected chi connectivity index (χ2v) is 6.72. The van der Waals surface area contributed by atoms with Crippen molar-refractivity contribution in [2.45, 2.75) is 6.92 Å². The average molecular weight is 262 g/mol. The van der Waals surface area contributed by atoms with Crippen LogP contribution in [-0.4, -0.2) is 44.8 Å². The molecule has 1 rings (SSSR count). The zero-order valence-corrected chi connectivity index (χ0v) is 11.1. The summed E-state index contributed by atoms with van der Waals surface area (Å²) in [5.74, 6) is -0.00242. The molecule has 1 aromatic heterocycles. The van der Waals surface area contributed by atoms with Gasteiger partial charge in [-0.1, -0.05) is 0 Å². The lowest BCUT2D eigenvalue weighted by Crippen LogP contribution is -2.24. The van der Waals surface area contributed by atoms with E-state index in [4.69, 9.17) is 0 Å². The number of nitrogens with zero attached hydrogens (tertiary/aromatic N) is 2. The molecule has 0 spiro atoms. The summed E-state index contributed by atoms with van der Waals surface area (Å²) in [7, 11) is -1.21. The highest BCUT2D eigenvalue weighted by Crippen LogP contribution is 2.19. The highest BCUT2D eigenvalue weighted by atomic mass is 32.2. The SMILES string of the molecule is CC(=O)c1csc(N(C)CCS(C)(=O)=O)n1. The lowest BCUT2D eigenvalue weighted by Gasteiger charge is -2.14. The second-order valence-electron chi connectivity index (χ2n) is 3.62. The molecule has 16 heavy (non-hydrogen) atoms. The van der Waals surface area contributed by atoms with E-state index < -0.39 is 9.84 Å². The average Bonchev–Trinajstić information content (AvgIpc) is 2.61. The van der Waals surface area contributed by atoms with Crippen LogP contribution in [0.2, 0.25) is 0 Å². The Balaban J connectivity index is 2.66. The molecule has 0 aromatic carbocycles. The first-order chi connectivity index (χ1) is 7.29. The van der Waals surface area contributed by atoms with Crippen LogP contribution in [0.5, 0.6) is 0 Å². The van der Waals surface area contributed by atoms with Gasteiger partial charge >= 0.3 is 0 Å². The maximum Gasteiger partial charge on any atom is 0.185 e. The van der Waals surface area contributed by atoms with Crippen molar-refractivity contribution in [3.8, 4) is 0 Å². The van der Waals surface area contributed by atoms with Crippen LogP contribution in [0.15, 0.2) is 5.38 Å². The first kappa shape index (κ1) is 13.1. The van der Waals surface area contributed by atoms with E-state index in [2.05, 4.69) is 4.98 Å². The highest BCUT2D eigenvalue weighted by Gasteiger charge is 2.11. The lowest BCUT2D eigenvalue weighted by atomic mass is 10.4. The van der Waals surface area contributed by atoms with Gasteiger partial charge in [0.25, 0.3) is 0 Å². The van der Waals surface area contributed by atoms with Gasteiger partial charge in [0.05, 0.1) is 5.75 Å². The zero-order chi connectivity index (χ0) is 12.3. The number of Topliss-reactive ketones (excluding diaryl/α,β-unsaturated/α-hetero) is 1. The van der Waals surface area contributed by atoms with E-state index >= 15 is 0 Å². The number of hydrogen-bond acceptors (Lipinski definition) is 6. The normalized spacial score (nSPS) is 11.4. The molecule has 0 N–H and O–H groups in total. The van der Waals surface area contributed by atoms with Gasteiger partial charge in [-0.05, 0) is 0 Å². The van der Waals surface area contributed by atoms with Crippen molar-refractivity contribution in [2.24, 2.45) is 0 Å². The molecule has 0 bridgehead atoms. The smallest absolute Gasteiger partial charge is 0.185 e. The fourth-order valence-electron chi connectivity index (χ4n) is 1.000. The Bertz CT molecular complexity index is 479. The van der Waals surface area contributed by atoms with Gasteiger partial charge < -0.3 is 4.90 Å². The molecule has 0 saturated carbocycles. The van der Waals surface area contributed by atoms with Gasteiger partial charge in [0.15, 0.2) is 10.9 Å². The fourth-order valence-corrected chi connectivity index (χ4v) is 2.46. The van der Waals surface area contributed by atoms with Crippen LogP contribution in [0.1, 0.15) is 17.4 Å². The van der Waals surface area contributed by atoms with Crippen LogP contribution in [0.4, 0.5) is 5.13 Å². The number of rotatable bonds is 5. The standard InChI is InChI=1S/C9H14N2O3S2/c1-7(12)8-6-15-9(10-8)11(2)4-5-16(3,13)14/h6H,4-5H2,1-3H3. The Kier molecular flexibility index (Phi) is 4.03. The largest absolute Gasteiger partial charge is 0.350 e. The number of hydrogen-bond donors (Lipinski definition) is 0. The van der Waals surface area contributed by atoms with E-state index in [0.717, 1.165) is 0 Å². The van der Waals surface area contributed by atoms with Crippen LogP contribution in [0.3, 0.4) is 0 Å². The van der Waals surface area contributed by atoms with Crippen molar-refractivity contribution in [2.75, 3.05) is 30.5 Å². The molecule has 0 aliphatic heterocycles. The van der Waals surface area contributed by atoms with Crippen molar-refractivity contribution in [1.82, 2.24) is 4.98 Å². The van der Waals surface area contributed by atoms with Gasteiger partial charge in [-0.15, -0.1) is 11.3 Å². The summed E-state index contributed by atoms with van der Waals surface area (Å²) in [5, 5.41) is 2.34. The first-order valence-corrected chi connectivity index (χ1v) is 7.59. The minimum atomic E-state index is -2.97. The maximum absolute atomic E-state index is 11.0. The summed E-state index contributed by atoms with van der Waals surface area (Å²) < 4.78 is 22.0. The Labute approximate surface area is 99.0 Å². The summed E-state index contributed by atoms with van der Waals surface area (Å²) >= 11 is 1.34. The Morgan fingerprint density at radius 1 is 1.56 bits per heavy atom. The quantitative estimate of drug-likeness (QED) is 0.735. The first-order valence-electron chi connectivity index (χ1n) is 4.65. The third kappa shape index (κ3) is 3.90. The molecule has 0 fully saturated rings. The molecule has 0 aliphatic carbocycles. The van der Waals surface area contributed by atoms with Crippen LogP contribution in [0.25, 0.3) is 0 Å². The maximum atomic E-state index is 11.0. The number of sulfone groups is 1. The molecule has 1 heterocycles. The Morgan fingerprint density at radius 2 is 2.19 bits per heavy atom. The van der Waals surface area contributed by atoms with E-state index in [1.165, 1.54) is 24.5 Å². The van der Waals surface area contributed by atoms with Gasteiger partial charge in [-0.2, -0.15) is 0 Å². The molecule has 0 saturated heterocycles. The minimum absolute atomic E-state index is 0.0818. The molecule has 5 nitrogen and oxygen atoms in total. The van der Waals surface area contributed by atoms with E-state index in [9.17, 15) is 13.2 Å². The monoisotopic (exact) mass is 262 g/mol. The Morgan fingerprint density at radius 3 is 2.62 bits per heavy atom. The molecule has 0 amide bonds. The number of carbonyl (C=O) groups is 1. The van der Waals surface area contributed by atoms with Gasteiger partial charge in [-0.25, -0.2) is 13.4 Å². The van der Waals surface area contributed by atoms with Crippen LogP contribution < -0.4 is 4.90 Å². The van der Waals surface area contributed by atoms with E-state index in [0.29, 0.717) is 17.4 Å². The number of thiazole rings is 1. The van der Waals surface area contributed by atoms with Crippen LogP contribution in [-0.2, 0) is 9.84 Å². The zero-order valence-electron chi connectivity index (χ0n) is 9.43. The molecule has 0 aliphatic rings. The Hall–Kier alpha value is -0.950. The van der Waals surface area contributed by atoms with Gasteiger partial charge in [0.1, 0.15) is 15.5 Å². The molecule has 1 aromatic rings. The topological polar surface area (TPSA) is 67.3 Å². The van der Waals surface area contributed by atoms with Crippen molar-refractivity contribution < 1.29 is 13.2 Å². The van der Waals surface area contributed by atoms with Crippen LogP contribution >= 0.6 is 11.3 Å². The van der Waals surface area contributed by atoms with Crippen molar-refractivity contribution in [3.63, 3.8) is 0 Å². The van der Waals surface area contributed by atoms with Crippen molar-refractivity contribution in [3.05, 3.63) is 11.1 Å². The third-order valence-electron chi connectivity index (χ3n) is 1.98. The fraction of sp³-hybridized carbons (Fsp3) is 0.556. The molecule has 90 valence electrons. The van der Waals surface area contributed by atoms with E-state index in [-0.39, 0.29) is 11.5 Å². The molecule has 0 unspecified atom stereocenters. The van der Waals surface area contributed by atoms with Crippen molar-refractivity contribution >= 4 is 32.1 Å². The number of carbonyl (C=O) groups excluding carboxylic acids is 1. The molecular formula is C9H14N2O3S2. The van der Waals surface area contributed by atoms with E-state index in [1.807, 2.05) is 0 Å². The molecule has 0 atom stereocenters. The molecule has 7 heteroatoms. The lowest BCUT2D eigenvalue weighted by molar-refractivity contribution is 0.101. The second kappa shape index (κ2) is 4.92.